The molecule has 2 heterocycles. The van der Waals surface area contributed by atoms with Crippen molar-refractivity contribution in [2.24, 2.45) is 0 Å². The van der Waals surface area contributed by atoms with Crippen LogP contribution in [0.15, 0.2) is 43.3 Å². The van der Waals surface area contributed by atoms with Crippen molar-refractivity contribution in [1.29, 1.82) is 5.26 Å². The SMILES string of the molecule is N#Cc1c(-c2cc3cc(Br)ccc3oc2=O)csc1N. The van der Waals surface area contributed by atoms with E-state index in [0.29, 0.717) is 27.3 Å². The maximum atomic E-state index is 12.1. The van der Waals surface area contributed by atoms with E-state index in [-0.39, 0.29) is 0 Å². The largest absolute Gasteiger partial charge is 0.422 e. The van der Waals surface area contributed by atoms with Gasteiger partial charge in [0.15, 0.2) is 0 Å². The summed E-state index contributed by atoms with van der Waals surface area (Å²) in [6.07, 6.45) is 0. The van der Waals surface area contributed by atoms with E-state index in [9.17, 15) is 4.79 Å². The average Bonchev–Trinajstić information content (AvgIpc) is 2.79. The Kier molecular flexibility index (Phi) is 3.08. The van der Waals surface area contributed by atoms with E-state index in [1.54, 1.807) is 23.6 Å². The molecule has 0 atom stereocenters. The van der Waals surface area contributed by atoms with Crippen LogP contribution in [-0.2, 0) is 0 Å². The second-order valence-electron chi connectivity index (χ2n) is 4.13. The van der Waals surface area contributed by atoms with E-state index in [1.165, 1.54) is 11.3 Å². The fourth-order valence-corrected chi connectivity index (χ4v) is 3.11. The second-order valence-corrected chi connectivity index (χ2v) is 5.96. The van der Waals surface area contributed by atoms with Crippen LogP contribution in [0.1, 0.15) is 5.56 Å². The summed E-state index contributed by atoms with van der Waals surface area (Å²) >= 11 is 4.61. The summed E-state index contributed by atoms with van der Waals surface area (Å²) in [6.45, 7) is 0. The molecule has 6 heteroatoms. The van der Waals surface area contributed by atoms with E-state index >= 15 is 0 Å². The van der Waals surface area contributed by atoms with Gasteiger partial charge in [0, 0.05) is 20.8 Å². The number of rotatable bonds is 1. The van der Waals surface area contributed by atoms with Crippen LogP contribution in [0.5, 0.6) is 0 Å². The number of thiophene rings is 1. The fraction of sp³-hybridized carbons (Fsp3) is 0. The van der Waals surface area contributed by atoms with Crippen molar-refractivity contribution in [3.63, 3.8) is 0 Å². The van der Waals surface area contributed by atoms with Gasteiger partial charge in [-0.1, -0.05) is 15.9 Å². The van der Waals surface area contributed by atoms with Gasteiger partial charge in [-0.2, -0.15) is 5.26 Å². The molecular formula is C14H7BrN2O2S. The summed E-state index contributed by atoms with van der Waals surface area (Å²) in [7, 11) is 0. The van der Waals surface area contributed by atoms with Crippen molar-refractivity contribution >= 4 is 43.2 Å². The second kappa shape index (κ2) is 4.78. The molecule has 0 saturated heterocycles. The molecule has 0 radical (unpaired) electrons. The Morgan fingerprint density at radius 3 is 2.85 bits per heavy atom. The van der Waals surface area contributed by atoms with Gasteiger partial charge in [-0.05, 0) is 24.3 Å². The third kappa shape index (κ3) is 2.01. The molecule has 0 amide bonds. The predicted octanol–water partition coefficient (Wildman–Crippen LogP) is 3.74. The van der Waals surface area contributed by atoms with E-state index < -0.39 is 5.63 Å². The Morgan fingerprint density at radius 1 is 1.30 bits per heavy atom. The molecule has 0 spiro atoms. The third-order valence-electron chi connectivity index (χ3n) is 2.92. The van der Waals surface area contributed by atoms with Crippen LogP contribution in [-0.4, -0.2) is 0 Å². The maximum absolute atomic E-state index is 12.1. The van der Waals surface area contributed by atoms with E-state index in [0.717, 1.165) is 9.86 Å². The highest BCUT2D eigenvalue weighted by Gasteiger charge is 2.15. The monoisotopic (exact) mass is 346 g/mol. The summed E-state index contributed by atoms with van der Waals surface area (Å²) in [6, 6.07) is 9.11. The minimum absolute atomic E-state index is 0.316. The standard InChI is InChI=1S/C14H7BrN2O2S/c15-8-1-2-12-7(3-8)4-9(14(18)19-12)11-6-20-13(17)10(11)5-16/h1-4,6H,17H2. The molecular weight excluding hydrogens is 340 g/mol. The Morgan fingerprint density at radius 2 is 2.10 bits per heavy atom. The predicted molar refractivity (Wildman–Crippen MR) is 82.6 cm³/mol. The van der Waals surface area contributed by atoms with Crippen LogP contribution < -0.4 is 11.4 Å². The highest BCUT2D eigenvalue weighted by molar-refractivity contribution is 9.10. The fourth-order valence-electron chi connectivity index (χ4n) is 1.97. The number of halogens is 1. The Labute approximate surface area is 126 Å². The molecule has 0 bridgehead atoms. The van der Waals surface area contributed by atoms with E-state index in [4.69, 9.17) is 15.4 Å². The number of fused-ring (bicyclic) bond motifs is 1. The van der Waals surface area contributed by atoms with Gasteiger partial charge in [0.2, 0.25) is 0 Å². The lowest BCUT2D eigenvalue weighted by Gasteiger charge is -2.02. The highest BCUT2D eigenvalue weighted by Crippen LogP contribution is 2.32. The average molecular weight is 347 g/mol. The first-order valence-electron chi connectivity index (χ1n) is 5.61. The number of nitrogens with two attached hydrogens (primary N) is 1. The summed E-state index contributed by atoms with van der Waals surface area (Å²) in [5, 5.41) is 12.0. The number of nitrogen functional groups attached to an aromatic ring is 1. The van der Waals surface area contributed by atoms with Crippen LogP contribution in [0.25, 0.3) is 22.1 Å². The molecule has 2 N–H and O–H groups in total. The normalized spacial score (nSPS) is 10.6. The number of nitrogens with zero attached hydrogens (tertiary/aromatic N) is 1. The zero-order valence-electron chi connectivity index (χ0n) is 10.0. The van der Waals surface area contributed by atoms with Crippen LogP contribution in [0, 0.1) is 11.3 Å². The van der Waals surface area contributed by atoms with Gasteiger partial charge in [-0.25, -0.2) is 4.79 Å². The van der Waals surface area contributed by atoms with Gasteiger partial charge in [0.1, 0.15) is 16.7 Å². The van der Waals surface area contributed by atoms with Crippen molar-refractivity contribution in [3.8, 4) is 17.2 Å². The first-order valence-corrected chi connectivity index (χ1v) is 7.28. The summed E-state index contributed by atoms with van der Waals surface area (Å²) in [5.74, 6) is 0. The van der Waals surface area contributed by atoms with Crippen molar-refractivity contribution in [2.75, 3.05) is 5.73 Å². The molecule has 0 unspecified atom stereocenters. The quantitative estimate of drug-likeness (QED) is 0.680. The number of nitriles is 1. The molecule has 0 aliphatic heterocycles. The smallest absolute Gasteiger partial charge is 0.344 e. The molecule has 3 rings (SSSR count). The van der Waals surface area contributed by atoms with Crippen LogP contribution in [0.2, 0.25) is 0 Å². The van der Waals surface area contributed by atoms with Crippen LogP contribution >= 0.6 is 27.3 Å². The summed E-state index contributed by atoms with van der Waals surface area (Å²) in [4.78, 5) is 12.1. The number of anilines is 1. The van der Waals surface area contributed by atoms with Gasteiger partial charge in [0.25, 0.3) is 0 Å². The Bertz CT molecular complexity index is 921. The van der Waals surface area contributed by atoms with Gasteiger partial charge >= 0.3 is 5.63 Å². The van der Waals surface area contributed by atoms with Gasteiger partial charge in [0.05, 0.1) is 11.1 Å². The minimum atomic E-state index is -0.478. The lowest BCUT2D eigenvalue weighted by molar-refractivity contribution is 0.563. The summed E-state index contributed by atoms with van der Waals surface area (Å²) in [5.41, 5.74) is 6.94. The molecule has 3 aromatic rings. The van der Waals surface area contributed by atoms with E-state index in [2.05, 4.69) is 15.9 Å². The maximum Gasteiger partial charge on any atom is 0.344 e. The third-order valence-corrected chi connectivity index (χ3v) is 4.22. The number of hydrogen-bond donors (Lipinski definition) is 1. The Hall–Kier alpha value is -2.10. The van der Waals surface area contributed by atoms with Crippen molar-refractivity contribution in [1.82, 2.24) is 0 Å². The van der Waals surface area contributed by atoms with Crippen LogP contribution in [0.3, 0.4) is 0 Å². The topological polar surface area (TPSA) is 80.0 Å². The molecule has 4 nitrogen and oxygen atoms in total. The first-order chi connectivity index (χ1) is 9.60. The molecule has 1 aromatic carbocycles. The molecule has 20 heavy (non-hydrogen) atoms. The lowest BCUT2D eigenvalue weighted by atomic mass is 10.1. The number of hydrogen-bond acceptors (Lipinski definition) is 5. The Balaban J connectivity index is 2.34. The van der Waals surface area contributed by atoms with Gasteiger partial charge in [-0.15, -0.1) is 11.3 Å². The van der Waals surface area contributed by atoms with Gasteiger partial charge in [-0.3, -0.25) is 0 Å². The molecule has 98 valence electrons. The molecule has 2 aromatic heterocycles. The lowest BCUT2D eigenvalue weighted by Crippen LogP contribution is -2.03. The van der Waals surface area contributed by atoms with Crippen molar-refractivity contribution < 1.29 is 4.42 Å². The zero-order chi connectivity index (χ0) is 14.3. The number of benzene rings is 1. The van der Waals surface area contributed by atoms with E-state index in [1.807, 2.05) is 12.1 Å². The van der Waals surface area contributed by atoms with Crippen molar-refractivity contribution in [3.05, 3.63) is 50.1 Å². The zero-order valence-corrected chi connectivity index (χ0v) is 12.4. The van der Waals surface area contributed by atoms with Crippen LogP contribution in [0.4, 0.5) is 5.00 Å². The van der Waals surface area contributed by atoms with Crippen molar-refractivity contribution in [2.45, 2.75) is 0 Å². The molecule has 0 aliphatic rings. The highest BCUT2D eigenvalue weighted by atomic mass is 79.9. The molecule has 0 aliphatic carbocycles. The van der Waals surface area contributed by atoms with Gasteiger partial charge < -0.3 is 10.2 Å². The molecule has 0 saturated carbocycles. The first kappa shape index (κ1) is 12.9. The molecule has 0 fully saturated rings. The summed E-state index contributed by atoms with van der Waals surface area (Å²) < 4.78 is 6.17. The minimum Gasteiger partial charge on any atom is -0.422 e.